The lowest BCUT2D eigenvalue weighted by Gasteiger charge is -1.70. The third-order valence-electron chi connectivity index (χ3n) is 9.63. The number of pyridine rings is 17. The van der Waals surface area contributed by atoms with E-state index in [4.69, 9.17) is 0 Å². The Bertz CT molecular complexity index is 2410. The Morgan fingerprint density at radius 2 is 0.0943 bits per heavy atom. The molecule has 0 saturated carbocycles. The van der Waals surface area contributed by atoms with Crippen molar-refractivity contribution in [1.82, 2.24) is 84.7 Å². The standard InChI is InChI=1S/17C5H5N.4ClH/c17*1-2-4-6-5-3-1;;;;/h17*1-5H;4*1H. The second-order valence-corrected chi connectivity index (χ2v) is 17.4. The van der Waals surface area contributed by atoms with Gasteiger partial charge in [0.05, 0.1) is 0 Å². The lowest BCUT2D eigenvalue weighted by atomic mass is 10.5. The van der Waals surface area contributed by atoms with E-state index in [2.05, 4.69) is 84.7 Å². The highest BCUT2D eigenvalue weighted by molar-refractivity contribution is 5.86. The molecule has 17 nitrogen and oxygen atoms in total. The van der Waals surface area contributed by atoms with Crippen LogP contribution in [0.15, 0.2) is 520 Å². The molecule has 0 spiro atoms. The van der Waals surface area contributed by atoms with Crippen LogP contribution in [0.1, 0.15) is 0 Å². The van der Waals surface area contributed by atoms with Gasteiger partial charge in [0.15, 0.2) is 0 Å². The highest BCUT2D eigenvalue weighted by atomic mass is 35.5. The summed E-state index contributed by atoms with van der Waals surface area (Å²) in [5, 5.41) is 0. The maximum absolute atomic E-state index is 3.78. The summed E-state index contributed by atoms with van der Waals surface area (Å²) in [5.41, 5.74) is 0. The smallest absolute Gasteiger partial charge is 0.0267 e. The quantitative estimate of drug-likeness (QED) is 0.138. The third kappa shape index (κ3) is 92.8. The van der Waals surface area contributed by atoms with Gasteiger partial charge >= 0.3 is 0 Å². The Morgan fingerprint density at radius 1 is 0.0566 bits per heavy atom. The number of aromatic nitrogens is 17. The van der Waals surface area contributed by atoms with Gasteiger partial charge in [-0.2, -0.15) is 0 Å². The van der Waals surface area contributed by atoms with Gasteiger partial charge in [-0.25, -0.2) is 0 Å². The van der Waals surface area contributed by atoms with Gasteiger partial charge in [-0.15, -0.1) is 49.6 Å². The molecule has 0 saturated heterocycles. The van der Waals surface area contributed by atoms with Crippen molar-refractivity contribution in [3.63, 3.8) is 0 Å². The summed E-state index contributed by atoms with van der Waals surface area (Å²) in [5.74, 6) is 0. The minimum absolute atomic E-state index is 0. The van der Waals surface area contributed by atoms with Crippen LogP contribution in [-0.2, 0) is 0 Å². The molecule has 21 heteroatoms. The molecular formula is C85H89Cl4N17. The first-order chi connectivity index (χ1) is 51.0. The maximum Gasteiger partial charge on any atom is 0.0267 e. The van der Waals surface area contributed by atoms with Crippen molar-refractivity contribution in [3.8, 4) is 0 Å². The molecule has 0 aliphatic carbocycles. The Hall–Kier alpha value is -13.3. The monoisotopic (exact) mass is 1490 g/mol. The van der Waals surface area contributed by atoms with E-state index >= 15 is 0 Å². The predicted molar refractivity (Wildman–Crippen MR) is 441 cm³/mol. The molecule has 0 radical (unpaired) electrons. The van der Waals surface area contributed by atoms with E-state index in [1.807, 2.05) is 309 Å². The molecular weight excluding hydrogens is 1400 g/mol. The Morgan fingerprint density at radius 3 is 0.104 bits per heavy atom. The van der Waals surface area contributed by atoms with Gasteiger partial charge in [-0.05, 0) is 206 Å². The molecule has 542 valence electrons. The van der Waals surface area contributed by atoms with E-state index in [0.29, 0.717) is 0 Å². The average molecular weight is 1490 g/mol. The van der Waals surface area contributed by atoms with E-state index in [-0.39, 0.29) is 49.6 Å². The van der Waals surface area contributed by atoms with Gasteiger partial charge in [-0.1, -0.05) is 103 Å². The highest BCUT2D eigenvalue weighted by Crippen LogP contribution is 1.83. The maximum atomic E-state index is 3.78. The molecule has 17 aromatic heterocycles. The van der Waals surface area contributed by atoms with Crippen LogP contribution in [0.5, 0.6) is 0 Å². The van der Waals surface area contributed by atoms with Crippen LogP contribution in [0, 0.1) is 0 Å². The fourth-order valence-electron chi connectivity index (χ4n) is 5.31. The van der Waals surface area contributed by atoms with Gasteiger partial charge in [0.1, 0.15) is 0 Å². The first kappa shape index (κ1) is 99.1. The number of hydrogen-bond acceptors (Lipinski definition) is 17. The van der Waals surface area contributed by atoms with Crippen LogP contribution in [0.2, 0.25) is 0 Å². The second-order valence-electron chi connectivity index (χ2n) is 17.4. The van der Waals surface area contributed by atoms with Gasteiger partial charge < -0.3 is 0 Å². The summed E-state index contributed by atoms with van der Waals surface area (Å²) >= 11 is 0. The molecule has 0 aromatic carbocycles. The van der Waals surface area contributed by atoms with E-state index in [1.165, 1.54) is 0 Å². The largest absolute Gasteiger partial charge is 0.265 e. The topological polar surface area (TPSA) is 219 Å². The minimum Gasteiger partial charge on any atom is -0.265 e. The van der Waals surface area contributed by atoms with Crippen molar-refractivity contribution in [3.05, 3.63) is 520 Å². The lowest BCUT2D eigenvalue weighted by Crippen LogP contribution is -1.58. The van der Waals surface area contributed by atoms with Crippen LogP contribution < -0.4 is 0 Å². The molecule has 17 rings (SSSR count). The zero-order chi connectivity index (χ0) is 72.1. The van der Waals surface area contributed by atoms with Gasteiger partial charge in [-0.3, -0.25) is 84.7 Å². The zero-order valence-corrected chi connectivity index (χ0v) is 61.6. The van der Waals surface area contributed by atoms with E-state index in [1.54, 1.807) is 211 Å². The van der Waals surface area contributed by atoms with Crippen molar-refractivity contribution >= 4 is 49.6 Å². The summed E-state index contributed by atoms with van der Waals surface area (Å²) in [4.78, 5) is 64.3. The molecule has 17 aromatic rings. The fourth-order valence-corrected chi connectivity index (χ4v) is 5.31. The first-order valence-corrected chi connectivity index (χ1v) is 31.4. The fraction of sp³-hybridized carbons (Fsp3) is 0. The highest BCUT2D eigenvalue weighted by Gasteiger charge is 1.68. The molecule has 0 aliphatic rings. The second kappa shape index (κ2) is 95.9. The Balaban J connectivity index is -0.000000520. The van der Waals surface area contributed by atoms with Crippen LogP contribution in [0.3, 0.4) is 0 Å². The molecule has 17 heterocycles. The van der Waals surface area contributed by atoms with Crippen molar-refractivity contribution in [2.45, 2.75) is 0 Å². The molecule has 0 bridgehead atoms. The predicted octanol–water partition coefficient (Wildman–Crippen LogP) is 20.1. The average Bonchev–Trinajstić information content (AvgIpc) is 3.79. The van der Waals surface area contributed by atoms with Crippen molar-refractivity contribution in [1.29, 1.82) is 0 Å². The van der Waals surface area contributed by atoms with Gasteiger partial charge in [0.2, 0.25) is 0 Å². The summed E-state index contributed by atoms with van der Waals surface area (Å²) in [6.07, 6.45) is 59.5. The van der Waals surface area contributed by atoms with Crippen LogP contribution >= 0.6 is 49.6 Å². The molecule has 0 N–H and O–H groups in total. The number of hydrogen-bond donors (Lipinski definition) is 0. The summed E-state index contributed by atoms with van der Waals surface area (Å²) < 4.78 is 0. The summed E-state index contributed by atoms with van der Waals surface area (Å²) in [6, 6.07) is 97.2. The van der Waals surface area contributed by atoms with Crippen LogP contribution in [0.25, 0.3) is 0 Å². The Kier molecular flexibility index (Phi) is 89.6. The van der Waals surface area contributed by atoms with E-state index in [0.717, 1.165) is 0 Å². The van der Waals surface area contributed by atoms with Crippen LogP contribution in [0.4, 0.5) is 0 Å². The molecule has 0 aliphatic heterocycles. The van der Waals surface area contributed by atoms with E-state index < -0.39 is 0 Å². The van der Waals surface area contributed by atoms with Gasteiger partial charge in [0, 0.05) is 211 Å². The zero-order valence-electron chi connectivity index (χ0n) is 58.3. The lowest BCUT2D eigenvalue weighted by molar-refractivity contribution is 1.33. The molecule has 106 heavy (non-hydrogen) atoms. The first-order valence-electron chi connectivity index (χ1n) is 31.4. The number of nitrogens with zero attached hydrogens (tertiary/aromatic N) is 17. The van der Waals surface area contributed by atoms with E-state index in [9.17, 15) is 0 Å². The van der Waals surface area contributed by atoms with Crippen LogP contribution in [-0.4, -0.2) is 84.7 Å². The molecule has 0 atom stereocenters. The minimum atomic E-state index is 0. The normalized spacial score (nSPS) is 7.70. The molecule has 0 fully saturated rings. The summed E-state index contributed by atoms with van der Waals surface area (Å²) in [6.45, 7) is 0. The number of halogens is 4. The Labute approximate surface area is 650 Å². The number of rotatable bonds is 0. The van der Waals surface area contributed by atoms with Crippen molar-refractivity contribution < 1.29 is 0 Å². The SMILES string of the molecule is Cl.Cl.Cl.Cl.c1ccncc1.c1ccncc1.c1ccncc1.c1ccncc1.c1ccncc1.c1ccncc1.c1ccncc1.c1ccncc1.c1ccncc1.c1ccncc1.c1ccncc1.c1ccncc1.c1ccncc1.c1ccncc1.c1ccncc1.c1ccncc1.c1ccncc1. The molecule has 0 unspecified atom stereocenters. The molecule has 0 amide bonds. The summed E-state index contributed by atoms with van der Waals surface area (Å²) in [7, 11) is 0. The third-order valence-corrected chi connectivity index (χ3v) is 9.63. The van der Waals surface area contributed by atoms with Gasteiger partial charge in [0.25, 0.3) is 0 Å². The van der Waals surface area contributed by atoms with Crippen molar-refractivity contribution in [2.75, 3.05) is 0 Å². The van der Waals surface area contributed by atoms with Crippen molar-refractivity contribution in [2.24, 2.45) is 0 Å².